The lowest BCUT2D eigenvalue weighted by molar-refractivity contribution is 0.184. The van der Waals surface area contributed by atoms with E-state index in [1.54, 1.807) is 7.11 Å². The Labute approximate surface area is 104 Å². The SMILES string of the molecule is COCCCCOc1ccc([C@@H](C)N)cc1C. The van der Waals surface area contributed by atoms with Crippen molar-refractivity contribution in [2.45, 2.75) is 32.7 Å². The summed E-state index contributed by atoms with van der Waals surface area (Å²) in [7, 11) is 1.72. The molecule has 96 valence electrons. The normalized spacial score (nSPS) is 12.5. The summed E-state index contributed by atoms with van der Waals surface area (Å²) in [6.07, 6.45) is 2.05. The third-order valence-electron chi connectivity index (χ3n) is 2.73. The van der Waals surface area contributed by atoms with Gasteiger partial charge in [0.2, 0.25) is 0 Å². The first kappa shape index (κ1) is 14.0. The van der Waals surface area contributed by atoms with E-state index in [2.05, 4.69) is 13.0 Å². The molecule has 0 unspecified atom stereocenters. The van der Waals surface area contributed by atoms with Crippen LogP contribution in [0.1, 0.15) is 36.9 Å². The molecule has 0 saturated carbocycles. The molecule has 0 spiro atoms. The molecule has 3 heteroatoms. The number of unbranched alkanes of at least 4 members (excludes halogenated alkanes) is 1. The van der Waals surface area contributed by atoms with Crippen LogP contribution in [-0.2, 0) is 4.74 Å². The van der Waals surface area contributed by atoms with Gasteiger partial charge in [-0.05, 0) is 43.9 Å². The van der Waals surface area contributed by atoms with E-state index in [9.17, 15) is 0 Å². The van der Waals surface area contributed by atoms with E-state index in [1.165, 1.54) is 0 Å². The predicted octanol–water partition coefficient (Wildman–Crippen LogP) is 2.82. The van der Waals surface area contributed by atoms with E-state index in [0.717, 1.165) is 42.9 Å². The van der Waals surface area contributed by atoms with E-state index < -0.39 is 0 Å². The zero-order chi connectivity index (χ0) is 12.7. The van der Waals surface area contributed by atoms with Gasteiger partial charge in [0.25, 0.3) is 0 Å². The van der Waals surface area contributed by atoms with Crippen molar-refractivity contribution in [2.75, 3.05) is 20.3 Å². The molecule has 3 nitrogen and oxygen atoms in total. The van der Waals surface area contributed by atoms with Crippen molar-refractivity contribution in [1.29, 1.82) is 0 Å². The quantitative estimate of drug-likeness (QED) is 0.742. The molecule has 0 radical (unpaired) electrons. The summed E-state index contributed by atoms with van der Waals surface area (Å²) in [6, 6.07) is 6.20. The summed E-state index contributed by atoms with van der Waals surface area (Å²) in [6.45, 7) is 5.57. The zero-order valence-corrected chi connectivity index (χ0v) is 11.0. The molecule has 0 aliphatic heterocycles. The molecule has 0 aliphatic carbocycles. The molecule has 0 aromatic heterocycles. The second-order valence-electron chi connectivity index (χ2n) is 4.36. The van der Waals surface area contributed by atoms with Gasteiger partial charge in [-0.15, -0.1) is 0 Å². The van der Waals surface area contributed by atoms with Crippen molar-refractivity contribution in [3.63, 3.8) is 0 Å². The third kappa shape index (κ3) is 4.75. The smallest absolute Gasteiger partial charge is 0.122 e. The Balaban J connectivity index is 2.43. The molecule has 0 heterocycles. The van der Waals surface area contributed by atoms with E-state index in [1.807, 2.05) is 19.1 Å². The highest BCUT2D eigenvalue weighted by Crippen LogP contribution is 2.22. The Hall–Kier alpha value is -1.06. The first-order chi connectivity index (χ1) is 8.15. The van der Waals surface area contributed by atoms with Gasteiger partial charge in [-0.2, -0.15) is 0 Å². The molecule has 1 rings (SSSR count). The van der Waals surface area contributed by atoms with Gasteiger partial charge in [-0.3, -0.25) is 0 Å². The van der Waals surface area contributed by atoms with Crippen LogP contribution in [0, 0.1) is 6.92 Å². The summed E-state index contributed by atoms with van der Waals surface area (Å²) in [4.78, 5) is 0. The molecule has 0 saturated heterocycles. The van der Waals surface area contributed by atoms with Gasteiger partial charge in [0, 0.05) is 19.8 Å². The average Bonchev–Trinajstić information content (AvgIpc) is 2.30. The molecular formula is C14H23NO2. The topological polar surface area (TPSA) is 44.5 Å². The molecular weight excluding hydrogens is 214 g/mol. The summed E-state index contributed by atoms with van der Waals surface area (Å²) in [5.41, 5.74) is 8.13. The number of hydrogen-bond acceptors (Lipinski definition) is 3. The predicted molar refractivity (Wildman–Crippen MR) is 70.4 cm³/mol. The number of benzene rings is 1. The van der Waals surface area contributed by atoms with Crippen LogP contribution < -0.4 is 10.5 Å². The average molecular weight is 237 g/mol. The fraction of sp³-hybridized carbons (Fsp3) is 0.571. The van der Waals surface area contributed by atoms with Gasteiger partial charge >= 0.3 is 0 Å². The fourth-order valence-electron chi connectivity index (χ4n) is 1.65. The summed E-state index contributed by atoms with van der Waals surface area (Å²) >= 11 is 0. The number of nitrogens with two attached hydrogens (primary N) is 1. The minimum atomic E-state index is 0.0736. The van der Waals surface area contributed by atoms with Crippen molar-refractivity contribution in [1.82, 2.24) is 0 Å². The molecule has 0 aliphatic rings. The molecule has 1 atom stereocenters. The number of aryl methyl sites for hydroxylation is 1. The van der Waals surface area contributed by atoms with E-state index in [-0.39, 0.29) is 6.04 Å². The molecule has 17 heavy (non-hydrogen) atoms. The first-order valence-corrected chi connectivity index (χ1v) is 6.13. The Morgan fingerprint density at radius 1 is 1.24 bits per heavy atom. The lowest BCUT2D eigenvalue weighted by Crippen LogP contribution is -2.06. The highest BCUT2D eigenvalue weighted by Gasteiger charge is 2.04. The maximum Gasteiger partial charge on any atom is 0.122 e. The largest absolute Gasteiger partial charge is 0.493 e. The van der Waals surface area contributed by atoms with Gasteiger partial charge in [0.15, 0.2) is 0 Å². The standard InChI is InChI=1S/C14H23NO2/c1-11-10-13(12(2)15)6-7-14(11)17-9-5-4-8-16-3/h6-7,10,12H,4-5,8-9,15H2,1-3H3/t12-/m1/s1. The van der Waals surface area contributed by atoms with Crippen LogP contribution >= 0.6 is 0 Å². The van der Waals surface area contributed by atoms with Crippen LogP contribution in [0.5, 0.6) is 5.75 Å². The first-order valence-electron chi connectivity index (χ1n) is 6.13. The van der Waals surface area contributed by atoms with Crippen molar-refractivity contribution < 1.29 is 9.47 Å². The van der Waals surface area contributed by atoms with Gasteiger partial charge in [-0.1, -0.05) is 12.1 Å². The fourth-order valence-corrected chi connectivity index (χ4v) is 1.65. The molecule has 2 N–H and O–H groups in total. The van der Waals surface area contributed by atoms with Crippen LogP contribution in [0.3, 0.4) is 0 Å². The maximum absolute atomic E-state index is 5.83. The van der Waals surface area contributed by atoms with Crippen molar-refractivity contribution in [3.05, 3.63) is 29.3 Å². The van der Waals surface area contributed by atoms with E-state index in [0.29, 0.717) is 0 Å². The lowest BCUT2D eigenvalue weighted by Gasteiger charge is -2.12. The van der Waals surface area contributed by atoms with Gasteiger partial charge < -0.3 is 15.2 Å². The zero-order valence-electron chi connectivity index (χ0n) is 11.0. The Morgan fingerprint density at radius 3 is 2.53 bits per heavy atom. The minimum absolute atomic E-state index is 0.0736. The van der Waals surface area contributed by atoms with Gasteiger partial charge in [0.05, 0.1) is 6.61 Å². The van der Waals surface area contributed by atoms with Crippen LogP contribution in [-0.4, -0.2) is 20.3 Å². The third-order valence-corrected chi connectivity index (χ3v) is 2.73. The second kappa shape index (κ2) is 7.30. The van der Waals surface area contributed by atoms with E-state index >= 15 is 0 Å². The highest BCUT2D eigenvalue weighted by atomic mass is 16.5. The summed E-state index contributed by atoms with van der Waals surface area (Å²) < 4.78 is 10.7. The van der Waals surface area contributed by atoms with Crippen LogP contribution in [0.15, 0.2) is 18.2 Å². The molecule has 1 aromatic carbocycles. The molecule has 0 bridgehead atoms. The van der Waals surface area contributed by atoms with Crippen LogP contribution in [0.4, 0.5) is 0 Å². The molecule has 1 aromatic rings. The van der Waals surface area contributed by atoms with Crippen molar-refractivity contribution in [3.8, 4) is 5.75 Å². The van der Waals surface area contributed by atoms with Crippen molar-refractivity contribution in [2.24, 2.45) is 5.73 Å². The number of rotatable bonds is 7. The van der Waals surface area contributed by atoms with Crippen LogP contribution in [0.25, 0.3) is 0 Å². The Bertz CT molecular complexity index is 337. The van der Waals surface area contributed by atoms with E-state index in [4.69, 9.17) is 15.2 Å². The Kier molecular flexibility index (Phi) is 6.01. The monoisotopic (exact) mass is 237 g/mol. The second-order valence-corrected chi connectivity index (χ2v) is 4.36. The summed E-state index contributed by atoms with van der Waals surface area (Å²) in [5, 5.41) is 0. The highest BCUT2D eigenvalue weighted by molar-refractivity contribution is 5.37. The van der Waals surface area contributed by atoms with Gasteiger partial charge in [0.1, 0.15) is 5.75 Å². The number of methoxy groups -OCH3 is 1. The summed E-state index contributed by atoms with van der Waals surface area (Å²) in [5.74, 6) is 0.951. The number of hydrogen-bond donors (Lipinski definition) is 1. The van der Waals surface area contributed by atoms with Crippen molar-refractivity contribution >= 4 is 0 Å². The Morgan fingerprint density at radius 2 is 1.94 bits per heavy atom. The van der Waals surface area contributed by atoms with Gasteiger partial charge in [-0.25, -0.2) is 0 Å². The minimum Gasteiger partial charge on any atom is -0.493 e. The molecule has 0 amide bonds. The molecule has 0 fully saturated rings. The lowest BCUT2D eigenvalue weighted by atomic mass is 10.1. The number of ether oxygens (including phenoxy) is 2. The van der Waals surface area contributed by atoms with Crippen LogP contribution in [0.2, 0.25) is 0 Å². The maximum atomic E-state index is 5.83.